The molecule has 0 aliphatic carbocycles. The van der Waals surface area contributed by atoms with Crippen LogP contribution in [0.4, 0.5) is 11.4 Å². The van der Waals surface area contributed by atoms with Crippen LogP contribution in [0.1, 0.15) is 5.56 Å². The number of aryl methyl sites for hydroxylation is 1. The van der Waals surface area contributed by atoms with E-state index in [1.54, 1.807) is 12.1 Å². The summed E-state index contributed by atoms with van der Waals surface area (Å²) in [6.07, 6.45) is 0.991. The molecule has 176 valence electrons. The first kappa shape index (κ1) is 31.2. The number of aliphatic hydroxyl groups excluding tert-OH is 1. The first-order chi connectivity index (χ1) is 13.5. The average Bonchev–Trinajstić information content (AvgIpc) is 2.70. The van der Waals surface area contributed by atoms with Crippen molar-refractivity contribution in [2.24, 2.45) is 0 Å². The zero-order chi connectivity index (χ0) is 20.4. The number of nitrogen functional groups attached to an aromatic ring is 2. The number of hydrogen-bond acceptors (Lipinski definition) is 7. The lowest BCUT2D eigenvalue weighted by molar-refractivity contribution is 0.106. The predicted octanol–water partition coefficient (Wildman–Crippen LogP) is 3.40. The summed E-state index contributed by atoms with van der Waals surface area (Å²) in [5.74, 6) is 1.81. The van der Waals surface area contributed by atoms with Gasteiger partial charge in [-0.3, -0.25) is 0 Å². The molecule has 2 rings (SSSR count). The van der Waals surface area contributed by atoms with Gasteiger partial charge >= 0.3 is 0 Å². The number of nitrogens with two attached hydrogens (primary N) is 2. The standard InChI is InChI=1S/C21H29N3O4.3ClH/c1-3-11-26-17-6-4-5-7-18(17)27-12-10-24-13-16(25)14-28-19-9-8-15(2)20(22)21(19)23;;;/h3-9,16,24-25H,1,10-14,22-23H2,2H3;3*1H. The van der Waals surface area contributed by atoms with Gasteiger partial charge in [-0.2, -0.15) is 0 Å². The van der Waals surface area contributed by atoms with Gasteiger partial charge in [0.15, 0.2) is 11.5 Å². The van der Waals surface area contributed by atoms with Crippen molar-refractivity contribution in [2.45, 2.75) is 13.0 Å². The molecule has 7 nitrogen and oxygen atoms in total. The summed E-state index contributed by atoms with van der Waals surface area (Å²) in [4.78, 5) is 0. The van der Waals surface area contributed by atoms with Crippen molar-refractivity contribution in [2.75, 3.05) is 44.4 Å². The molecule has 1 atom stereocenters. The van der Waals surface area contributed by atoms with E-state index < -0.39 is 6.10 Å². The van der Waals surface area contributed by atoms with Gasteiger partial charge in [0.2, 0.25) is 0 Å². The maximum Gasteiger partial charge on any atom is 0.161 e. The number of benzene rings is 2. The third kappa shape index (κ3) is 10.2. The molecular weight excluding hydrogens is 465 g/mol. The van der Waals surface area contributed by atoms with Crippen molar-refractivity contribution in [1.82, 2.24) is 5.32 Å². The summed E-state index contributed by atoms with van der Waals surface area (Å²) in [6, 6.07) is 11.0. The van der Waals surface area contributed by atoms with E-state index in [-0.39, 0.29) is 43.8 Å². The van der Waals surface area contributed by atoms with E-state index in [9.17, 15) is 5.11 Å². The van der Waals surface area contributed by atoms with Gasteiger partial charge in [0.25, 0.3) is 0 Å². The van der Waals surface area contributed by atoms with Crippen LogP contribution in [0, 0.1) is 6.92 Å². The first-order valence-electron chi connectivity index (χ1n) is 9.14. The van der Waals surface area contributed by atoms with Crippen LogP contribution in [0.3, 0.4) is 0 Å². The molecule has 31 heavy (non-hydrogen) atoms. The molecule has 0 aliphatic rings. The molecular formula is C21H32Cl3N3O4. The van der Waals surface area contributed by atoms with E-state index in [4.69, 9.17) is 25.7 Å². The minimum absolute atomic E-state index is 0. The van der Waals surface area contributed by atoms with Crippen LogP contribution in [-0.4, -0.2) is 44.1 Å². The van der Waals surface area contributed by atoms with Crippen LogP contribution in [0.2, 0.25) is 0 Å². The van der Waals surface area contributed by atoms with Crippen LogP contribution in [0.15, 0.2) is 49.1 Å². The van der Waals surface area contributed by atoms with Crippen LogP contribution in [0.25, 0.3) is 0 Å². The maximum absolute atomic E-state index is 10.1. The smallest absolute Gasteiger partial charge is 0.161 e. The maximum atomic E-state index is 10.1. The monoisotopic (exact) mass is 495 g/mol. The largest absolute Gasteiger partial charge is 0.489 e. The fourth-order valence-electron chi connectivity index (χ4n) is 2.44. The molecule has 0 spiro atoms. The molecule has 0 aliphatic heterocycles. The Kier molecular flexibility index (Phi) is 16.7. The summed E-state index contributed by atoms with van der Waals surface area (Å²) in [7, 11) is 0. The summed E-state index contributed by atoms with van der Waals surface area (Å²) >= 11 is 0. The topological polar surface area (TPSA) is 112 Å². The molecule has 0 aromatic heterocycles. The predicted molar refractivity (Wildman–Crippen MR) is 134 cm³/mol. The molecule has 0 saturated heterocycles. The van der Waals surface area contributed by atoms with E-state index >= 15 is 0 Å². The highest BCUT2D eigenvalue weighted by atomic mass is 35.5. The molecule has 0 fully saturated rings. The summed E-state index contributed by atoms with van der Waals surface area (Å²) in [6.45, 7) is 7.39. The van der Waals surface area contributed by atoms with Crippen molar-refractivity contribution in [1.29, 1.82) is 0 Å². The third-order valence-corrected chi connectivity index (χ3v) is 4.02. The zero-order valence-electron chi connectivity index (χ0n) is 17.4. The Bertz CT molecular complexity index is 782. The third-order valence-electron chi connectivity index (χ3n) is 4.02. The normalized spacial score (nSPS) is 10.5. The van der Waals surface area contributed by atoms with Gasteiger partial charge in [0.05, 0.1) is 11.4 Å². The van der Waals surface area contributed by atoms with Crippen molar-refractivity contribution >= 4 is 48.6 Å². The van der Waals surface area contributed by atoms with Crippen LogP contribution < -0.4 is 31.0 Å². The van der Waals surface area contributed by atoms with Crippen LogP contribution in [0.5, 0.6) is 17.2 Å². The Hall–Kier alpha value is -2.03. The number of hydrogen-bond donors (Lipinski definition) is 4. The molecule has 2 aromatic carbocycles. The molecule has 0 radical (unpaired) electrons. The Morgan fingerprint density at radius 1 is 0.968 bits per heavy atom. The minimum Gasteiger partial charge on any atom is -0.489 e. The molecule has 0 amide bonds. The Balaban J connectivity index is 0. The Labute approximate surface area is 202 Å². The lowest BCUT2D eigenvalue weighted by Crippen LogP contribution is -2.33. The highest BCUT2D eigenvalue weighted by Gasteiger charge is 2.10. The van der Waals surface area contributed by atoms with Crippen LogP contribution >= 0.6 is 37.2 Å². The number of aliphatic hydroxyl groups is 1. The summed E-state index contributed by atoms with van der Waals surface area (Å²) in [5, 5.41) is 13.2. The number of para-hydroxylation sites is 2. The van der Waals surface area contributed by atoms with E-state index in [1.165, 1.54) is 0 Å². The van der Waals surface area contributed by atoms with Crippen molar-refractivity contribution in [3.05, 3.63) is 54.6 Å². The molecule has 0 heterocycles. The van der Waals surface area contributed by atoms with E-state index in [0.717, 1.165) is 5.56 Å². The van der Waals surface area contributed by atoms with Crippen LogP contribution in [-0.2, 0) is 0 Å². The lowest BCUT2D eigenvalue weighted by Gasteiger charge is -2.16. The first-order valence-corrected chi connectivity index (χ1v) is 9.14. The van der Waals surface area contributed by atoms with Gasteiger partial charge < -0.3 is 36.1 Å². The number of halogens is 3. The van der Waals surface area contributed by atoms with Crippen molar-refractivity contribution < 1.29 is 19.3 Å². The van der Waals surface area contributed by atoms with E-state index in [2.05, 4.69) is 11.9 Å². The van der Waals surface area contributed by atoms with E-state index in [1.807, 2.05) is 37.3 Å². The van der Waals surface area contributed by atoms with Gasteiger partial charge in [0, 0.05) is 13.1 Å². The second-order valence-electron chi connectivity index (χ2n) is 6.27. The van der Waals surface area contributed by atoms with Crippen molar-refractivity contribution in [3.63, 3.8) is 0 Å². The van der Waals surface area contributed by atoms with Gasteiger partial charge in [-0.25, -0.2) is 0 Å². The fourth-order valence-corrected chi connectivity index (χ4v) is 2.44. The highest BCUT2D eigenvalue weighted by Crippen LogP contribution is 2.30. The number of nitrogens with one attached hydrogen (secondary N) is 1. The number of ether oxygens (including phenoxy) is 3. The molecule has 6 N–H and O–H groups in total. The average molecular weight is 497 g/mol. The van der Waals surface area contributed by atoms with E-state index in [0.29, 0.717) is 54.9 Å². The molecule has 1 unspecified atom stereocenters. The summed E-state index contributed by atoms with van der Waals surface area (Å²) < 4.78 is 16.8. The number of rotatable bonds is 12. The fraction of sp³-hybridized carbons (Fsp3) is 0.333. The molecule has 10 heteroatoms. The van der Waals surface area contributed by atoms with Gasteiger partial charge in [-0.1, -0.05) is 30.9 Å². The quantitative estimate of drug-likeness (QED) is 0.202. The SMILES string of the molecule is C=CCOc1ccccc1OCCNCC(O)COc1ccc(C)c(N)c1N.Cl.Cl.Cl. The van der Waals surface area contributed by atoms with Gasteiger partial charge in [-0.05, 0) is 30.7 Å². The highest BCUT2D eigenvalue weighted by molar-refractivity contribution is 5.86. The Morgan fingerprint density at radius 3 is 2.26 bits per heavy atom. The molecule has 0 saturated carbocycles. The van der Waals surface area contributed by atoms with Gasteiger partial charge in [0.1, 0.15) is 31.7 Å². The Morgan fingerprint density at radius 2 is 1.61 bits per heavy atom. The second kappa shape index (κ2) is 16.6. The molecule has 2 aromatic rings. The minimum atomic E-state index is -0.690. The lowest BCUT2D eigenvalue weighted by atomic mass is 10.1. The summed E-state index contributed by atoms with van der Waals surface area (Å²) in [5.41, 5.74) is 13.6. The molecule has 0 bridgehead atoms. The number of anilines is 2. The zero-order valence-corrected chi connectivity index (χ0v) is 19.9. The second-order valence-corrected chi connectivity index (χ2v) is 6.27. The van der Waals surface area contributed by atoms with Crippen molar-refractivity contribution in [3.8, 4) is 17.2 Å². The van der Waals surface area contributed by atoms with Gasteiger partial charge in [-0.15, -0.1) is 37.2 Å².